The molecule has 3 rings (SSSR count). The summed E-state index contributed by atoms with van der Waals surface area (Å²) in [5, 5.41) is 10.8. The van der Waals surface area contributed by atoms with Gasteiger partial charge in [-0.05, 0) is 47.9 Å². The predicted octanol–water partition coefficient (Wildman–Crippen LogP) is 5.24. The minimum Gasteiger partial charge on any atom is -0.481 e. The summed E-state index contributed by atoms with van der Waals surface area (Å²) in [5.74, 6) is -1.07. The summed E-state index contributed by atoms with van der Waals surface area (Å²) < 4.78 is 18.3. The molecule has 1 saturated heterocycles. The predicted molar refractivity (Wildman–Crippen MR) is 113 cm³/mol. The zero-order chi connectivity index (χ0) is 20.3. The summed E-state index contributed by atoms with van der Waals surface area (Å²) in [7, 11) is -3.18. The number of rotatable bonds is 6. The highest BCUT2D eigenvalue weighted by atomic mass is 35.5. The van der Waals surface area contributed by atoms with E-state index in [1.165, 1.54) is 0 Å². The molecule has 2 aromatic rings. The van der Waals surface area contributed by atoms with Crippen LogP contribution >= 0.6 is 30.6 Å². The van der Waals surface area contributed by atoms with Crippen LogP contribution in [0.25, 0.3) is 11.1 Å². The van der Waals surface area contributed by atoms with Crippen molar-refractivity contribution in [2.45, 2.75) is 19.1 Å². The first-order valence-electron chi connectivity index (χ1n) is 9.05. The maximum absolute atomic E-state index is 12.9. The smallest absolute Gasteiger partial charge is 0.317 e. The Labute approximate surface area is 174 Å². The number of carbonyl (C=O) groups is 1. The van der Waals surface area contributed by atoms with E-state index in [0.717, 1.165) is 16.7 Å². The van der Waals surface area contributed by atoms with Gasteiger partial charge in [0.15, 0.2) is 0 Å². The Morgan fingerprint density at radius 1 is 1.21 bits per heavy atom. The highest BCUT2D eigenvalue weighted by Crippen LogP contribution is 2.54. The molecular formula is C20H22Cl2NO4P. The van der Waals surface area contributed by atoms with Crippen LogP contribution in [0.2, 0.25) is 10.0 Å². The van der Waals surface area contributed by atoms with E-state index in [2.05, 4.69) is 0 Å². The molecule has 0 spiro atoms. The third-order valence-corrected chi connectivity index (χ3v) is 8.23. The maximum atomic E-state index is 12.9. The maximum Gasteiger partial charge on any atom is 0.317 e. The van der Waals surface area contributed by atoms with E-state index in [-0.39, 0.29) is 19.3 Å². The number of carboxylic acids is 1. The van der Waals surface area contributed by atoms with Gasteiger partial charge in [0.2, 0.25) is 7.37 Å². The van der Waals surface area contributed by atoms with E-state index in [9.17, 15) is 14.5 Å². The van der Waals surface area contributed by atoms with Crippen molar-refractivity contribution in [1.29, 1.82) is 0 Å². The summed E-state index contributed by atoms with van der Waals surface area (Å²) in [6, 6.07) is 13.2. The van der Waals surface area contributed by atoms with Crippen LogP contribution < -0.4 is 0 Å². The summed E-state index contributed by atoms with van der Waals surface area (Å²) >= 11 is 12.2. The van der Waals surface area contributed by atoms with Crippen molar-refractivity contribution in [3.63, 3.8) is 0 Å². The molecule has 0 bridgehead atoms. The first-order valence-corrected chi connectivity index (χ1v) is 11.7. The molecule has 8 heteroatoms. The Kier molecular flexibility index (Phi) is 6.85. The van der Waals surface area contributed by atoms with Crippen molar-refractivity contribution < 1.29 is 19.0 Å². The van der Waals surface area contributed by atoms with Crippen LogP contribution in [-0.2, 0) is 20.4 Å². The van der Waals surface area contributed by atoms with Crippen molar-refractivity contribution >= 4 is 36.5 Å². The Morgan fingerprint density at radius 2 is 1.89 bits per heavy atom. The van der Waals surface area contributed by atoms with Crippen LogP contribution in [0.15, 0.2) is 42.5 Å². The summed E-state index contributed by atoms with van der Waals surface area (Å²) in [6.07, 6.45) is 0.238. The first-order chi connectivity index (χ1) is 13.3. The Hall–Kier alpha value is -1.36. The number of hydrogen-bond donors (Lipinski definition) is 1. The fraction of sp³-hybridized carbons (Fsp3) is 0.350. The van der Waals surface area contributed by atoms with E-state index in [4.69, 9.17) is 27.7 Å². The lowest BCUT2D eigenvalue weighted by Crippen LogP contribution is -2.44. The molecule has 0 aromatic heterocycles. The van der Waals surface area contributed by atoms with E-state index in [1.54, 1.807) is 6.92 Å². The third-order valence-electron chi connectivity index (χ3n) is 4.89. The summed E-state index contributed by atoms with van der Waals surface area (Å²) in [5.41, 5.74) is 1.96. The molecule has 1 heterocycles. The number of nitrogens with zero attached hydrogens (tertiary/aromatic N) is 1. The number of carboxylic acid groups (broad SMARTS) is 1. The molecule has 1 fully saturated rings. The largest absolute Gasteiger partial charge is 0.481 e. The van der Waals surface area contributed by atoms with E-state index >= 15 is 0 Å². The molecule has 0 radical (unpaired) electrons. The minimum atomic E-state index is -3.18. The molecular weight excluding hydrogens is 420 g/mol. The normalized spacial score (nSPS) is 22.9. The van der Waals surface area contributed by atoms with Crippen LogP contribution in [0.5, 0.6) is 0 Å². The Balaban J connectivity index is 1.85. The van der Waals surface area contributed by atoms with Gasteiger partial charge in [0.05, 0.1) is 6.61 Å². The lowest BCUT2D eigenvalue weighted by molar-refractivity contribution is -0.137. The van der Waals surface area contributed by atoms with Crippen molar-refractivity contribution in [3.8, 4) is 11.1 Å². The SMILES string of the molecule is CCOP1(=O)CCN(Cc2ccc(Cl)cc2-c2ccc(Cl)cc2)CC1C(=O)O. The number of benzene rings is 2. The Bertz CT molecular complexity index is 904. The summed E-state index contributed by atoms with van der Waals surface area (Å²) in [6.45, 7) is 3.22. The number of halogens is 2. The summed E-state index contributed by atoms with van der Waals surface area (Å²) in [4.78, 5) is 13.7. The van der Waals surface area contributed by atoms with Crippen LogP contribution in [0.1, 0.15) is 12.5 Å². The molecule has 0 amide bonds. The van der Waals surface area contributed by atoms with Crippen LogP contribution in [-0.4, -0.2) is 47.5 Å². The van der Waals surface area contributed by atoms with Crippen molar-refractivity contribution in [2.24, 2.45) is 0 Å². The van der Waals surface area contributed by atoms with Gasteiger partial charge in [-0.1, -0.05) is 41.4 Å². The van der Waals surface area contributed by atoms with Gasteiger partial charge in [-0.25, -0.2) is 0 Å². The van der Waals surface area contributed by atoms with E-state index < -0.39 is 19.0 Å². The zero-order valence-corrected chi connectivity index (χ0v) is 17.9. The third kappa shape index (κ3) is 4.79. The fourth-order valence-corrected chi connectivity index (χ4v) is 6.22. The second kappa shape index (κ2) is 8.98. The first kappa shape index (κ1) is 21.4. The molecule has 150 valence electrons. The van der Waals surface area contributed by atoms with Gasteiger partial charge in [0, 0.05) is 35.8 Å². The average Bonchev–Trinajstić information content (AvgIpc) is 2.65. The average molecular weight is 442 g/mol. The Morgan fingerprint density at radius 3 is 2.54 bits per heavy atom. The van der Waals surface area contributed by atoms with Crippen LogP contribution in [0, 0.1) is 0 Å². The number of hydrogen-bond acceptors (Lipinski definition) is 4. The lowest BCUT2D eigenvalue weighted by atomic mass is 9.99. The molecule has 5 nitrogen and oxygen atoms in total. The molecule has 0 saturated carbocycles. The topological polar surface area (TPSA) is 66.8 Å². The highest BCUT2D eigenvalue weighted by Gasteiger charge is 2.44. The minimum absolute atomic E-state index is 0.190. The molecule has 0 aliphatic carbocycles. The monoisotopic (exact) mass is 441 g/mol. The van der Waals surface area contributed by atoms with E-state index in [1.807, 2.05) is 47.4 Å². The van der Waals surface area contributed by atoms with E-state index in [0.29, 0.717) is 23.1 Å². The van der Waals surface area contributed by atoms with Crippen LogP contribution in [0.4, 0.5) is 0 Å². The highest BCUT2D eigenvalue weighted by molar-refractivity contribution is 7.60. The fourth-order valence-electron chi connectivity index (χ4n) is 3.49. The zero-order valence-electron chi connectivity index (χ0n) is 15.5. The van der Waals surface area contributed by atoms with Gasteiger partial charge in [-0.15, -0.1) is 0 Å². The van der Waals surface area contributed by atoms with Crippen molar-refractivity contribution in [3.05, 3.63) is 58.1 Å². The molecule has 1 aliphatic rings. The second-order valence-electron chi connectivity index (χ2n) is 6.77. The molecule has 2 aromatic carbocycles. The van der Waals surface area contributed by atoms with Crippen molar-refractivity contribution in [1.82, 2.24) is 4.90 Å². The standard InChI is InChI=1S/C20H22Cl2NO4P/c1-2-27-28(26)10-9-23(13-19(28)20(24)25)12-15-5-8-17(22)11-18(15)14-3-6-16(21)7-4-14/h3-8,11,19H,2,9-10,12-13H2,1H3,(H,24,25). The van der Waals surface area contributed by atoms with Gasteiger partial charge in [-0.3, -0.25) is 14.3 Å². The van der Waals surface area contributed by atoms with Crippen molar-refractivity contribution in [2.75, 3.05) is 25.9 Å². The van der Waals surface area contributed by atoms with Gasteiger partial charge >= 0.3 is 5.97 Å². The van der Waals surface area contributed by atoms with Gasteiger partial charge in [-0.2, -0.15) is 0 Å². The molecule has 1 aliphatic heterocycles. The second-order valence-corrected chi connectivity index (χ2v) is 10.4. The molecule has 1 N–H and O–H groups in total. The van der Waals surface area contributed by atoms with Gasteiger partial charge < -0.3 is 9.63 Å². The quantitative estimate of drug-likeness (QED) is 0.620. The van der Waals surface area contributed by atoms with Gasteiger partial charge in [0.25, 0.3) is 0 Å². The van der Waals surface area contributed by atoms with Crippen LogP contribution in [0.3, 0.4) is 0 Å². The number of aliphatic carboxylic acids is 1. The van der Waals surface area contributed by atoms with Gasteiger partial charge in [0.1, 0.15) is 5.66 Å². The molecule has 2 unspecified atom stereocenters. The molecule has 2 atom stereocenters. The lowest BCUT2D eigenvalue weighted by Gasteiger charge is -2.36. The molecule has 28 heavy (non-hydrogen) atoms.